The van der Waals surface area contributed by atoms with Gasteiger partial charge in [-0.05, 0) is 18.6 Å². The van der Waals surface area contributed by atoms with Gasteiger partial charge in [-0.15, -0.1) is 0 Å². The zero-order valence-electron chi connectivity index (χ0n) is 10.3. The topological polar surface area (TPSA) is 66.6 Å². The number of nitrogens with zero attached hydrogens (tertiary/aromatic N) is 2. The first kappa shape index (κ1) is 15.2. The van der Waals surface area contributed by atoms with Crippen molar-refractivity contribution in [3.8, 4) is 0 Å². The summed E-state index contributed by atoms with van der Waals surface area (Å²) in [7, 11) is 1.12. The minimum absolute atomic E-state index is 0.147. The smallest absolute Gasteiger partial charge is 0.389 e. The molecule has 1 rings (SSSR count). The van der Waals surface area contributed by atoms with Crippen LogP contribution in [0.5, 0.6) is 0 Å². The number of rotatable bonds is 4. The van der Waals surface area contributed by atoms with E-state index >= 15 is 0 Å². The second-order valence-corrected chi connectivity index (χ2v) is 4.15. The van der Waals surface area contributed by atoms with Gasteiger partial charge in [-0.1, -0.05) is 6.07 Å². The van der Waals surface area contributed by atoms with Crippen LogP contribution in [0.4, 0.5) is 24.5 Å². The third kappa shape index (κ3) is 4.09. The molecule has 8 heteroatoms. The Balaban J connectivity index is 3.17. The number of hydrogen-bond donors (Lipinski definition) is 1. The van der Waals surface area contributed by atoms with E-state index in [1.54, 1.807) is 0 Å². The lowest BCUT2D eigenvalue weighted by molar-refractivity contribution is -0.384. The van der Waals surface area contributed by atoms with Crippen LogP contribution in [0.2, 0.25) is 0 Å². The number of benzene rings is 1. The monoisotopic (exact) mass is 278 g/mol. The number of alkyl halides is 3. The number of hydrogen-bond acceptors (Lipinski definition) is 4. The van der Waals surface area contributed by atoms with Crippen LogP contribution < -0.4 is 4.90 Å². The minimum Gasteiger partial charge on any atom is -0.389 e. The van der Waals surface area contributed by atoms with E-state index in [1.165, 1.54) is 19.1 Å². The van der Waals surface area contributed by atoms with Gasteiger partial charge in [0.05, 0.1) is 11.0 Å². The lowest BCUT2D eigenvalue weighted by Gasteiger charge is -2.21. The number of aliphatic hydroxyl groups is 1. The normalized spacial score (nSPS) is 13.2. The van der Waals surface area contributed by atoms with E-state index in [1.807, 2.05) is 0 Å². The molecule has 0 amide bonds. The highest BCUT2D eigenvalue weighted by atomic mass is 19.4. The molecular formula is C11H13F3N2O3. The fourth-order valence-electron chi connectivity index (χ4n) is 1.62. The summed E-state index contributed by atoms with van der Waals surface area (Å²) in [5.41, 5.74) is -0.340. The number of halogens is 3. The summed E-state index contributed by atoms with van der Waals surface area (Å²) in [6, 6.07) is 3.64. The lowest BCUT2D eigenvalue weighted by Crippen LogP contribution is -2.31. The van der Waals surface area contributed by atoms with Crippen LogP contribution in [0.25, 0.3) is 0 Å². The Morgan fingerprint density at radius 2 is 2.05 bits per heavy atom. The SMILES string of the molecule is C[C@H](O)c1ccc(N(C)CC(F)(F)F)c([N+](=O)[O-])c1. The van der Waals surface area contributed by atoms with Gasteiger partial charge in [-0.25, -0.2) is 0 Å². The van der Waals surface area contributed by atoms with Gasteiger partial charge in [0.25, 0.3) is 5.69 Å². The van der Waals surface area contributed by atoms with Crippen molar-refractivity contribution in [1.29, 1.82) is 0 Å². The molecule has 1 N–H and O–H groups in total. The van der Waals surface area contributed by atoms with E-state index < -0.39 is 29.4 Å². The molecule has 0 spiro atoms. The summed E-state index contributed by atoms with van der Waals surface area (Å²) in [5.74, 6) is 0. The average Bonchev–Trinajstić information content (AvgIpc) is 2.25. The molecule has 0 aliphatic rings. The van der Waals surface area contributed by atoms with Crippen LogP contribution in [0.3, 0.4) is 0 Å². The van der Waals surface area contributed by atoms with E-state index in [9.17, 15) is 28.4 Å². The van der Waals surface area contributed by atoms with Crippen molar-refractivity contribution in [2.75, 3.05) is 18.5 Å². The van der Waals surface area contributed by atoms with Gasteiger partial charge in [0.2, 0.25) is 0 Å². The zero-order valence-corrected chi connectivity index (χ0v) is 10.3. The highest BCUT2D eigenvalue weighted by Crippen LogP contribution is 2.32. The van der Waals surface area contributed by atoms with E-state index in [4.69, 9.17) is 0 Å². The van der Waals surface area contributed by atoms with Crippen molar-refractivity contribution in [1.82, 2.24) is 0 Å². The first-order chi connectivity index (χ1) is 8.61. The molecule has 0 fully saturated rings. The van der Waals surface area contributed by atoms with Gasteiger partial charge in [0.1, 0.15) is 12.2 Å². The van der Waals surface area contributed by atoms with Crippen LogP contribution in [0.1, 0.15) is 18.6 Å². The molecule has 0 saturated heterocycles. The first-order valence-corrected chi connectivity index (χ1v) is 5.36. The molecule has 1 atom stereocenters. The Kier molecular flexibility index (Phi) is 4.35. The van der Waals surface area contributed by atoms with Crippen LogP contribution in [0, 0.1) is 10.1 Å². The molecule has 0 heterocycles. The van der Waals surface area contributed by atoms with E-state index in [-0.39, 0.29) is 11.3 Å². The van der Waals surface area contributed by atoms with E-state index in [0.29, 0.717) is 0 Å². The fourth-order valence-corrected chi connectivity index (χ4v) is 1.62. The predicted molar refractivity (Wildman–Crippen MR) is 63.1 cm³/mol. The Labute approximate surface area is 107 Å². The average molecular weight is 278 g/mol. The largest absolute Gasteiger partial charge is 0.405 e. The molecule has 1 aromatic carbocycles. The first-order valence-electron chi connectivity index (χ1n) is 5.36. The minimum atomic E-state index is -4.45. The Morgan fingerprint density at radius 1 is 1.47 bits per heavy atom. The Bertz CT molecular complexity index is 475. The van der Waals surface area contributed by atoms with Crippen LogP contribution in [-0.2, 0) is 0 Å². The summed E-state index contributed by atoms with van der Waals surface area (Å²) in [4.78, 5) is 10.9. The van der Waals surface area contributed by atoms with Crippen molar-refractivity contribution in [2.24, 2.45) is 0 Å². The molecule has 19 heavy (non-hydrogen) atoms. The molecule has 0 aliphatic carbocycles. The highest BCUT2D eigenvalue weighted by molar-refractivity contribution is 5.64. The number of nitro groups is 1. The van der Waals surface area contributed by atoms with Crippen LogP contribution >= 0.6 is 0 Å². The maximum Gasteiger partial charge on any atom is 0.405 e. The van der Waals surface area contributed by atoms with Gasteiger partial charge >= 0.3 is 6.18 Å². The van der Waals surface area contributed by atoms with Crippen molar-refractivity contribution in [3.63, 3.8) is 0 Å². The fraction of sp³-hybridized carbons (Fsp3) is 0.455. The number of anilines is 1. The molecular weight excluding hydrogens is 265 g/mol. The van der Waals surface area contributed by atoms with Gasteiger partial charge in [-0.3, -0.25) is 10.1 Å². The van der Waals surface area contributed by atoms with E-state index in [0.717, 1.165) is 18.0 Å². The zero-order chi connectivity index (χ0) is 14.8. The second kappa shape index (κ2) is 5.43. The molecule has 0 radical (unpaired) electrons. The summed E-state index contributed by atoms with van der Waals surface area (Å²) >= 11 is 0. The summed E-state index contributed by atoms with van der Waals surface area (Å²) < 4.78 is 36.8. The molecule has 5 nitrogen and oxygen atoms in total. The standard InChI is InChI=1S/C11H13F3N2O3/c1-7(17)8-3-4-9(10(5-8)16(18)19)15(2)6-11(12,13)14/h3-5,7,17H,6H2,1-2H3/t7-/m0/s1. The van der Waals surface area contributed by atoms with Crippen molar-refractivity contribution < 1.29 is 23.2 Å². The van der Waals surface area contributed by atoms with Crippen LogP contribution in [0.15, 0.2) is 18.2 Å². The summed E-state index contributed by atoms with van der Waals surface area (Å²) in [6.07, 6.45) is -5.38. The predicted octanol–water partition coefficient (Wildman–Crippen LogP) is 2.65. The molecule has 106 valence electrons. The van der Waals surface area contributed by atoms with E-state index in [2.05, 4.69) is 0 Å². The Morgan fingerprint density at radius 3 is 2.47 bits per heavy atom. The second-order valence-electron chi connectivity index (χ2n) is 4.15. The number of nitro benzene ring substituents is 1. The maximum absolute atomic E-state index is 12.3. The molecule has 1 aromatic rings. The maximum atomic E-state index is 12.3. The summed E-state index contributed by atoms with van der Waals surface area (Å²) in [6.45, 7) is 0.125. The molecule has 0 bridgehead atoms. The van der Waals surface area contributed by atoms with Crippen molar-refractivity contribution >= 4 is 11.4 Å². The third-order valence-electron chi connectivity index (χ3n) is 2.51. The molecule has 0 aromatic heterocycles. The van der Waals surface area contributed by atoms with Gasteiger partial charge in [-0.2, -0.15) is 13.2 Å². The summed E-state index contributed by atoms with van der Waals surface area (Å²) in [5, 5.41) is 20.2. The molecule has 0 saturated carbocycles. The molecule has 0 aliphatic heterocycles. The third-order valence-corrected chi connectivity index (χ3v) is 2.51. The Hall–Kier alpha value is -1.83. The van der Waals surface area contributed by atoms with Gasteiger partial charge < -0.3 is 10.0 Å². The highest BCUT2D eigenvalue weighted by Gasteiger charge is 2.31. The van der Waals surface area contributed by atoms with Crippen LogP contribution in [-0.4, -0.2) is 29.8 Å². The lowest BCUT2D eigenvalue weighted by atomic mass is 10.1. The van der Waals surface area contributed by atoms with Gasteiger partial charge in [0.15, 0.2) is 0 Å². The van der Waals surface area contributed by atoms with Crippen molar-refractivity contribution in [3.05, 3.63) is 33.9 Å². The quantitative estimate of drug-likeness (QED) is 0.679. The van der Waals surface area contributed by atoms with Gasteiger partial charge in [0, 0.05) is 13.1 Å². The van der Waals surface area contributed by atoms with Crippen molar-refractivity contribution in [2.45, 2.75) is 19.2 Å². The molecule has 0 unspecified atom stereocenters. The number of aliphatic hydroxyl groups excluding tert-OH is 1.